The lowest BCUT2D eigenvalue weighted by atomic mass is 10.1. The highest BCUT2D eigenvalue weighted by Gasteiger charge is 2.20. The third kappa shape index (κ3) is 4.07. The minimum absolute atomic E-state index is 0.0734. The van der Waals surface area contributed by atoms with Gasteiger partial charge in [-0.1, -0.05) is 12.1 Å². The minimum atomic E-state index is -0.0734. The number of amides is 1. The molecule has 6 heteroatoms. The van der Waals surface area contributed by atoms with E-state index in [0.29, 0.717) is 24.5 Å². The Morgan fingerprint density at radius 1 is 1.33 bits per heavy atom. The van der Waals surface area contributed by atoms with Gasteiger partial charge in [-0.15, -0.1) is 0 Å². The average molecular weight is 332 g/mol. The number of rotatable bonds is 6. The maximum atomic E-state index is 12.3. The van der Waals surface area contributed by atoms with E-state index in [0.717, 1.165) is 44.2 Å². The zero-order chi connectivity index (χ0) is 16.8. The Labute approximate surface area is 142 Å². The second-order valence-electron chi connectivity index (χ2n) is 5.78. The van der Waals surface area contributed by atoms with Crippen molar-refractivity contribution in [2.45, 2.75) is 6.92 Å². The maximum Gasteiger partial charge on any atom is 0.250 e. The van der Waals surface area contributed by atoms with Gasteiger partial charge >= 0.3 is 0 Å². The number of ether oxygens (including phenoxy) is 3. The van der Waals surface area contributed by atoms with E-state index < -0.39 is 0 Å². The van der Waals surface area contributed by atoms with E-state index in [1.165, 1.54) is 0 Å². The molecule has 1 aromatic rings. The van der Waals surface area contributed by atoms with E-state index in [-0.39, 0.29) is 12.5 Å². The number of morpholine rings is 1. The molecule has 0 saturated carbocycles. The Kier molecular flexibility index (Phi) is 5.72. The molecule has 6 nitrogen and oxygen atoms in total. The van der Waals surface area contributed by atoms with Gasteiger partial charge in [-0.05, 0) is 19.1 Å². The van der Waals surface area contributed by atoms with Crippen molar-refractivity contribution in [1.82, 2.24) is 10.2 Å². The van der Waals surface area contributed by atoms with Crippen LogP contribution in [-0.4, -0.2) is 63.4 Å². The van der Waals surface area contributed by atoms with Gasteiger partial charge in [0.1, 0.15) is 6.61 Å². The van der Waals surface area contributed by atoms with Crippen LogP contribution in [0, 0.1) is 0 Å². The van der Waals surface area contributed by atoms with Crippen LogP contribution in [-0.2, 0) is 9.53 Å². The lowest BCUT2D eigenvalue weighted by Gasteiger charge is -2.26. The zero-order valence-electron chi connectivity index (χ0n) is 14.0. The first-order valence-corrected chi connectivity index (χ1v) is 8.45. The molecule has 1 N–H and O–H groups in total. The van der Waals surface area contributed by atoms with Gasteiger partial charge in [-0.3, -0.25) is 9.69 Å². The normalized spacial score (nSPS) is 17.5. The molecule has 1 saturated heterocycles. The molecule has 0 unspecified atom stereocenters. The maximum absolute atomic E-state index is 12.3. The zero-order valence-corrected chi connectivity index (χ0v) is 14.0. The van der Waals surface area contributed by atoms with Crippen LogP contribution in [0.5, 0.6) is 11.5 Å². The van der Waals surface area contributed by atoms with Crippen molar-refractivity contribution in [3.8, 4) is 11.5 Å². The summed E-state index contributed by atoms with van der Waals surface area (Å²) < 4.78 is 16.6. The lowest BCUT2D eigenvalue weighted by Crippen LogP contribution is -2.41. The second kappa shape index (κ2) is 8.17. The SMILES string of the molecule is CCOc1cccc2c1OCC(C(=O)NCCN1CCOCC1)=C2. The summed E-state index contributed by atoms with van der Waals surface area (Å²) in [5, 5.41) is 2.97. The van der Waals surface area contributed by atoms with Gasteiger partial charge in [-0.25, -0.2) is 0 Å². The van der Waals surface area contributed by atoms with Crippen molar-refractivity contribution < 1.29 is 19.0 Å². The molecule has 1 amide bonds. The first kappa shape index (κ1) is 16.8. The largest absolute Gasteiger partial charge is 0.490 e. The molecule has 0 bridgehead atoms. The third-order valence-electron chi connectivity index (χ3n) is 4.12. The molecule has 2 aliphatic rings. The molecule has 2 heterocycles. The highest BCUT2D eigenvalue weighted by atomic mass is 16.5. The van der Waals surface area contributed by atoms with Crippen LogP contribution >= 0.6 is 0 Å². The first-order chi connectivity index (χ1) is 11.8. The second-order valence-corrected chi connectivity index (χ2v) is 5.78. The molecular formula is C18H24N2O4. The van der Waals surface area contributed by atoms with Crippen molar-refractivity contribution in [2.75, 3.05) is 52.6 Å². The molecule has 0 radical (unpaired) electrons. The molecule has 1 fully saturated rings. The fourth-order valence-corrected chi connectivity index (χ4v) is 2.85. The van der Waals surface area contributed by atoms with E-state index in [1.54, 1.807) is 0 Å². The predicted molar refractivity (Wildman–Crippen MR) is 91.4 cm³/mol. The molecule has 130 valence electrons. The number of carbonyl (C=O) groups excluding carboxylic acids is 1. The molecule has 0 aromatic heterocycles. The standard InChI is InChI=1S/C18H24N2O4/c1-2-23-16-5-3-4-14-12-15(13-24-17(14)16)18(21)19-6-7-20-8-10-22-11-9-20/h3-5,12H,2,6-11,13H2,1H3,(H,19,21). The Bertz CT molecular complexity index is 609. The highest BCUT2D eigenvalue weighted by molar-refractivity contribution is 5.99. The van der Waals surface area contributed by atoms with E-state index in [9.17, 15) is 4.79 Å². The van der Waals surface area contributed by atoms with Gasteiger partial charge in [0.05, 0.1) is 25.4 Å². The third-order valence-corrected chi connectivity index (χ3v) is 4.12. The van der Waals surface area contributed by atoms with Crippen LogP contribution in [0.15, 0.2) is 23.8 Å². The number of carbonyl (C=O) groups is 1. The Hall–Kier alpha value is -2.05. The van der Waals surface area contributed by atoms with Crippen LogP contribution in [0.2, 0.25) is 0 Å². The van der Waals surface area contributed by atoms with Crippen LogP contribution in [0.4, 0.5) is 0 Å². The first-order valence-electron chi connectivity index (χ1n) is 8.45. The number of nitrogens with zero attached hydrogens (tertiary/aromatic N) is 1. The van der Waals surface area contributed by atoms with E-state index >= 15 is 0 Å². The molecular weight excluding hydrogens is 308 g/mol. The summed E-state index contributed by atoms with van der Waals surface area (Å²) in [6.45, 7) is 7.64. The molecule has 24 heavy (non-hydrogen) atoms. The summed E-state index contributed by atoms with van der Waals surface area (Å²) in [7, 11) is 0. The van der Waals surface area contributed by atoms with Gasteiger partial charge in [0.15, 0.2) is 11.5 Å². The van der Waals surface area contributed by atoms with Gasteiger partial charge in [0, 0.05) is 31.7 Å². The Balaban J connectivity index is 1.56. The van der Waals surface area contributed by atoms with Gasteiger partial charge in [0.25, 0.3) is 5.91 Å². The molecule has 0 spiro atoms. The minimum Gasteiger partial charge on any atom is -0.490 e. The average Bonchev–Trinajstić information content (AvgIpc) is 2.62. The van der Waals surface area contributed by atoms with Gasteiger partial charge in [0.2, 0.25) is 0 Å². The fraction of sp³-hybridized carbons (Fsp3) is 0.500. The van der Waals surface area contributed by atoms with Crippen LogP contribution in [0.1, 0.15) is 12.5 Å². The lowest BCUT2D eigenvalue weighted by molar-refractivity contribution is -0.117. The molecule has 1 aromatic carbocycles. The molecule has 0 aliphatic carbocycles. The molecule has 0 atom stereocenters. The Morgan fingerprint density at radius 2 is 2.17 bits per heavy atom. The topological polar surface area (TPSA) is 60.0 Å². The predicted octanol–water partition coefficient (Wildman–Crippen LogP) is 1.31. The number of nitrogens with one attached hydrogen (secondary N) is 1. The van der Waals surface area contributed by atoms with Crippen molar-refractivity contribution in [1.29, 1.82) is 0 Å². The summed E-state index contributed by atoms with van der Waals surface area (Å²) in [6, 6.07) is 5.71. The quantitative estimate of drug-likeness (QED) is 0.851. The van der Waals surface area contributed by atoms with Crippen LogP contribution in [0.25, 0.3) is 6.08 Å². The number of hydrogen-bond donors (Lipinski definition) is 1. The van der Waals surface area contributed by atoms with Crippen LogP contribution < -0.4 is 14.8 Å². The van der Waals surface area contributed by atoms with Crippen molar-refractivity contribution in [3.63, 3.8) is 0 Å². The van der Waals surface area contributed by atoms with Crippen molar-refractivity contribution in [3.05, 3.63) is 29.3 Å². The van der Waals surface area contributed by atoms with E-state index in [2.05, 4.69) is 10.2 Å². The van der Waals surface area contributed by atoms with Crippen LogP contribution in [0.3, 0.4) is 0 Å². The summed E-state index contributed by atoms with van der Waals surface area (Å²) in [4.78, 5) is 14.6. The monoisotopic (exact) mass is 332 g/mol. The van der Waals surface area contributed by atoms with Gasteiger partial charge < -0.3 is 19.5 Å². The Morgan fingerprint density at radius 3 is 2.96 bits per heavy atom. The highest BCUT2D eigenvalue weighted by Crippen LogP contribution is 2.35. The number of para-hydroxylation sites is 1. The summed E-state index contributed by atoms with van der Waals surface area (Å²) in [5.41, 5.74) is 1.52. The molecule has 3 rings (SSSR count). The van der Waals surface area contributed by atoms with Gasteiger partial charge in [-0.2, -0.15) is 0 Å². The fourth-order valence-electron chi connectivity index (χ4n) is 2.85. The smallest absolute Gasteiger partial charge is 0.250 e. The number of benzene rings is 1. The van der Waals surface area contributed by atoms with E-state index in [1.807, 2.05) is 31.2 Å². The molecule has 2 aliphatic heterocycles. The van der Waals surface area contributed by atoms with E-state index in [4.69, 9.17) is 14.2 Å². The number of fused-ring (bicyclic) bond motifs is 1. The summed E-state index contributed by atoms with van der Waals surface area (Å²) in [6.07, 6.45) is 1.88. The number of hydrogen-bond acceptors (Lipinski definition) is 5. The van der Waals surface area contributed by atoms with Crippen molar-refractivity contribution >= 4 is 12.0 Å². The summed E-state index contributed by atoms with van der Waals surface area (Å²) >= 11 is 0. The van der Waals surface area contributed by atoms with Crippen molar-refractivity contribution in [2.24, 2.45) is 0 Å². The summed E-state index contributed by atoms with van der Waals surface area (Å²) in [5.74, 6) is 1.36.